The zero-order valence-electron chi connectivity index (χ0n) is 28.4. The highest BCUT2D eigenvalue weighted by Crippen LogP contribution is 2.33. The van der Waals surface area contributed by atoms with Crippen LogP contribution in [0.1, 0.15) is 66.6 Å². The molecule has 13 heteroatoms. The summed E-state index contributed by atoms with van der Waals surface area (Å²) >= 11 is 0. The summed E-state index contributed by atoms with van der Waals surface area (Å²) in [5.41, 5.74) is 1.36. The molecule has 4 aromatic heterocycles. The summed E-state index contributed by atoms with van der Waals surface area (Å²) < 4.78 is 7.32. The first-order valence-corrected chi connectivity index (χ1v) is 15.6. The fourth-order valence-electron chi connectivity index (χ4n) is 5.05. The Bertz CT molecular complexity index is 1840. The molecule has 5 heterocycles. The second kappa shape index (κ2) is 12.6. The highest BCUT2D eigenvalue weighted by molar-refractivity contribution is 5.92. The molecule has 0 atom stereocenters. The van der Waals surface area contributed by atoms with Crippen molar-refractivity contribution in [1.29, 1.82) is 0 Å². The number of hydrogen-bond acceptors (Lipinski definition) is 10. The Balaban J connectivity index is 1.44. The predicted octanol–water partition coefficient (Wildman–Crippen LogP) is 5.98. The van der Waals surface area contributed by atoms with Gasteiger partial charge in [-0.05, 0) is 85.4 Å². The lowest BCUT2D eigenvalue weighted by Crippen LogP contribution is -2.41. The first-order chi connectivity index (χ1) is 22.0. The van der Waals surface area contributed by atoms with Crippen LogP contribution in [0.3, 0.4) is 0 Å². The van der Waals surface area contributed by atoms with E-state index in [1.165, 1.54) is 6.20 Å². The maximum absolute atomic E-state index is 13.3. The molecule has 4 aromatic rings. The summed E-state index contributed by atoms with van der Waals surface area (Å²) in [5.74, 6) is 0.619. The average Bonchev–Trinajstić information content (AvgIpc) is 3.26. The SMILES string of the molecule is Cc1c(-c2cc3cc(Nc4cc5n(n4)CC(=O)N(C(C)C)CC5)ncc3cn2)cncc1N(OC(=O)C(C)(C)C)C(=O)OC(C)(C)C. The topological polar surface area (TPSA) is 145 Å². The molecule has 0 fully saturated rings. The number of nitrogens with zero attached hydrogens (tertiary/aromatic N) is 7. The first-order valence-electron chi connectivity index (χ1n) is 15.6. The van der Waals surface area contributed by atoms with Gasteiger partial charge in [0.1, 0.15) is 23.7 Å². The second-order valence-electron chi connectivity index (χ2n) is 14.0. The van der Waals surface area contributed by atoms with Crippen LogP contribution in [0, 0.1) is 12.3 Å². The number of carbonyl (C=O) groups is 3. The summed E-state index contributed by atoms with van der Waals surface area (Å²) in [4.78, 5) is 59.9. The number of carbonyl (C=O) groups excluding carboxylic acids is 3. The van der Waals surface area contributed by atoms with Crippen LogP contribution in [-0.2, 0) is 32.1 Å². The van der Waals surface area contributed by atoms with Gasteiger partial charge in [0, 0.05) is 60.3 Å². The zero-order valence-corrected chi connectivity index (χ0v) is 28.4. The quantitative estimate of drug-likeness (QED) is 0.258. The van der Waals surface area contributed by atoms with Crippen molar-refractivity contribution in [3.8, 4) is 11.3 Å². The smallest absolute Gasteiger partial charge is 0.441 e. The van der Waals surface area contributed by atoms with Crippen molar-refractivity contribution in [3.05, 3.63) is 54.2 Å². The zero-order chi connectivity index (χ0) is 34.3. The molecule has 5 rings (SSSR count). The van der Waals surface area contributed by atoms with Crippen molar-refractivity contribution in [3.63, 3.8) is 0 Å². The van der Waals surface area contributed by atoms with Crippen molar-refractivity contribution in [2.24, 2.45) is 5.41 Å². The van der Waals surface area contributed by atoms with Crippen LogP contribution >= 0.6 is 0 Å². The largest absolute Gasteiger partial charge is 0.448 e. The van der Waals surface area contributed by atoms with Gasteiger partial charge in [-0.2, -0.15) is 5.10 Å². The minimum Gasteiger partial charge on any atom is -0.441 e. The predicted molar refractivity (Wildman–Crippen MR) is 178 cm³/mol. The Kier molecular flexibility index (Phi) is 8.94. The minimum absolute atomic E-state index is 0.0488. The second-order valence-corrected chi connectivity index (χ2v) is 14.0. The van der Waals surface area contributed by atoms with E-state index >= 15 is 0 Å². The minimum atomic E-state index is -0.875. The number of ether oxygens (including phenoxy) is 1. The molecule has 0 saturated carbocycles. The fraction of sp³-hybridized carbons (Fsp3) is 0.441. The van der Waals surface area contributed by atoms with Crippen molar-refractivity contribution in [1.82, 2.24) is 29.6 Å². The Morgan fingerprint density at radius 2 is 1.68 bits per heavy atom. The third-order valence-corrected chi connectivity index (χ3v) is 7.59. The molecule has 1 aliphatic rings. The molecule has 0 saturated heterocycles. The number of hydroxylamine groups is 1. The van der Waals surface area contributed by atoms with Gasteiger partial charge in [0.15, 0.2) is 5.82 Å². The van der Waals surface area contributed by atoms with Gasteiger partial charge >= 0.3 is 12.1 Å². The normalized spacial score (nSPS) is 13.7. The van der Waals surface area contributed by atoms with Gasteiger partial charge in [-0.1, -0.05) is 0 Å². The molecule has 0 bridgehead atoms. The molecule has 0 aliphatic carbocycles. The van der Waals surface area contributed by atoms with E-state index in [1.807, 2.05) is 36.9 Å². The van der Waals surface area contributed by atoms with Crippen molar-refractivity contribution in [2.45, 2.75) is 86.9 Å². The van der Waals surface area contributed by atoms with E-state index in [0.29, 0.717) is 41.4 Å². The third-order valence-electron chi connectivity index (χ3n) is 7.59. The molecule has 0 radical (unpaired) electrons. The van der Waals surface area contributed by atoms with Crippen LogP contribution in [0.25, 0.3) is 22.0 Å². The van der Waals surface area contributed by atoms with E-state index in [4.69, 9.17) is 9.57 Å². The van der Waals surface area contributed by atoms with E-state index in [1.54, 1.807) is 71.7 Å². The Labute approximate surface area is 274 Å². The Morgan fingerprint density at radius 1 is 0.957 bits per heavy atom. The van der Waals surface area contributed by atoms with Crippen molar-refractivity contribution >= 4 is 46.1 Å². The van der Waals surface area contributed by atoms with Gasteiger partial charge in [0.25, 0.3) is 0 Å². The van der Waals surface area contributed by atoms with Crippen LogP contribution in [0.15, 0.2) is 43.0 Å². The summed E-state index contributed by atoms with van der Waals surface area (Å²) in [6.45, 7) is 17.0. The standard InChI is InChI=1S/C34H42N8O5/c1-20(2)40-11-10-24-14-29(39-41(24)19-30(40)43)38-28-13-22-12-26(36-15-23(22)16-37-28)25-17-35-18-27(21(25)3)42(32(45)46-34(7,8)9)47-31(44)33(4,5)6/h12-18,20H,10-11,19H2,1-9H3,(H,37,38,39). The van der Waals surface area contributed by atoms with Crippen LogP contribution in [0.2, 0.25) is 0 Å². The number of nitrogens with one attached hydrogen (secondary N) is 1. The lowest BCUT2D eigenvalue weighted by Gasteiger charge is -2.29. The molecule has 1 N–H and O–H groups in total. The molecule has 13 nitrogen and oxygen atoms in total. The van der Waals surface area contributed by atoms with Crippen molar-refractivity contribution < 1.29 is 24.0 Å². The molecular weight excluding hydrogens is 600 g/mol. The van der Waals surface area contributed by atoms with E-state index in [2.05, 4.69) is 25.4 Å². The first kappa shape index (κ1) is 33.3. The molecule has 248 valence electrons. The van der Waals surface area contributed by atoms with E-state index in [0.717, 1.165) is 21.5 Å². The summed E-state index contributed by atoms with van der Waals surface area (Å²) in [6.07, 6.45) is 6.40. The molecule has 0 spiro atoms. The van der Waals surface area contributed by atoms with Gasteiger partial charge in [-0.25, -0.2) is 14.6 Å². The van der Waals surface area contributed by atoms with Gasteiger partial charge < -0.3 is 19.8 Å². The molecule has 1 aliphatic heterocycles. The highest BCUT2D eigenvalue weighted by atomic mass is 16.8. The third kappa shape index (κ3) is 7.50. The Hall–Kier alpha value is -5.07. The number of pyridine rings is 3. The maximum Gasteiger partial charge on any atom is 0.448 e. The monoisotopic (exact) mass is 642 g/mol. The molecule has 47 heavy (non-hydrogen) atoms. The van der Waals surface area contributed by atoms with E-state index in [-0.39, 0.29) is 24.2 Å². The molecule has 0 unspecified atom stereocenters. The van der Waals surface area contributed by atoms with E-state index < -0.39 is 23.1 Å². The lowest BCUT2D eigenvalue weighted by molar-refractivity contribution is -0.154. The number of amides is 2. The number of hydrogen-bond donors (Lipinski definition) is 1. The lowest BCUT2D eigenvalue weighted by atomic mass is 9.98. The van der Waals surface area contributed by atoms with Gasteiger partial charge in [0.05, 0.1) is 17.3 Å². The number of anilines is 3. The maximum atomic E-state index is 13.3. The van der Waals surface area contributed by atoms with Gasteiger partial charge in [-0.3, -0.25) is 19.4 Å². The molecular formula is C34H42N8O5. The van der Waals surface area contributed by atoms with Crippen LogP contribution < -0.4 is 10.4 Å². The van der Waals surface area contributed by atoms with Crippen LogP contribution in [0.5, 0.6) is 0 Å². The number of rotatable bonds is 5. The Morgan fingerprint density at radius 3 is 2.36 bits per heavy atom. The molecule has 0 aromatic carbocycles. The van der Waals surface area contributed by atoms with Gasteiger partial charge in [0.2, 0.25) is 5.91 Å². The van der Waals surface area contributed by atoms with Crippen LogP contribution in [-0.4, -0.2) is 65.8 Å². The average molecular weight is 643 g/mol. The van der Waals surface area contributed by atoms with Crippen LogP contribution in [0.4, 0.5) is 22.1 Å². The molecule has 2 amide bonds. The summed E-state index contributed by atoms with van der Waals surface area (Å²) in [6, 6.07) is 5.88. The fourth-order valence-corrected chi connectivity index (χ4v) is 5.05. The highest BCUT2D eigenvalue weighted by Gasteiger charge is 2.33. The summed E-state index contributed by atoms with van der Waals surface area (Å²) in [7, 11) is 0. The van der Waals surface area contributed by atoms with E-state index in [9.17, 15) is 14.4 Å². The summed E-state index contributed by atoms with van der Waals surface area (Å²) in [5, 5.41) is 10.4. The number of fused-ring (bicyclic) bond motifs is 2. The van der Waals surface area contributed by atoms with Crippen molar-refractivity contribution in [2.75, 3.05) is 16.9 Å². The number of aromatic nitrogens is 5. The van der Waals surface area contributed by atoms with Gasteiger partial charge in [-0.15, -0.1) is 5.06 Å².